The first-order valence-corrected chi connectivity index (χ1v) is 8.61. The van der Waals surface area contributed by atoms with Gasteiger partial charge >= 0.3 is 5.97 Å². The van der Waals surface area contributed by atoms with Crippen molar-refractivity contribution in [2.24, 2.45) is 0 Å². The minimum Gasteiger partial charge on any atom is -0.480 e. The third-order valence-corrected chi connectivity index (χ3v) is 5.19. The van der Waals surface area contributed by atoms with Crippen LogP contribution in [-0.2, 0) is 21.4 Å². The Morgan fingerprint density at radius 2 is 2.24 bits per heavy atom. The van der Waals surface area contributed by atoms with Gasteiger partial charge in [-0.25, -0.2) is 9.37 Å². The molecule has 1 amide bonds. The molecule has 0 radical (unpaired) electrons. The van der Waals surface area contributed by atoms with E-state index in [1.165, 1.54) is 17.4 Å². The van der Waals surface area contributed by atoms with E-state index in [0.717, 1.165) is 15.8 Å². The highest BCUT2D eigenvalue weighted by Gasteiger charge is 2.25. The summed E-state index contributed by atoms with van der Waals surface area (Å²) in [7, 11) is 0. The molecular formula is C18H17FN2O3S. The molecule has 1 atom stereocenters. The van der Waals surface area contributed by atoms with Crippen LogP contribution >= 0.6 is 11.3 Å². The molecule has 0 fully saturated rings. The van der Waals surface area contributed by atoms with Crippen LogP contribution in [0.1, 0.15) is 23.9 Å². The summed E-state index contributed by atoms with van der Waals surface area (Å²) in [6, 6.07) is 5.89. The first-order chi connectivity index (χ1) is 11.9. The Hall–Kier alpha value is -2.54. The fourth-order valence-electron chi connectivity index (χ4n) is 2.70. The number of carbonyl (C=O) groups is 2. The lowest BCUT2D eigenvalue weighted by atomic mass is 9.77. The van der Waals surface area contributed by atoms with Crippen molar-refractivity contribution in [2.45, 2.75) is 25.2 Å². The van der Waals surface area contributed by atoms with Crippen molar-refractivity contribution in [3.05, 3.63) is 52.8 Å². The summed E-state index contributed by atoms with van der Waals surface area (Å²) in [6.45, 7) is 1.65. The number of hydrogen-bond acceptors (Lipinski definition) is 4. The van der Waals surface area contributed by atoms with Gasteiger partial charge in [0.05, 0.1) is 16.6 Å². The summed E-state index contributed by atoms with van der Waals surface area (Å²) in [5, 5.41) is 11.5. The number of nitrogens with one attached hydrogen (secondary N) is 1. The molecule has 1 aliphatic rings. The molecule has 3 rings (SSSR count). The molecule has 1 heterocycles. The molecule has 1 aromatic carbocycles. The monoisotopic (exact) mass is 360 g/mol. The Balaban J connectivity index is 1.79. The Bertz CT molecular complexity index is 903. The van der Waals surface area contributed by atoms with Gasteiger partial charge in [0.1, 0.15) is 17.4 Å². The van der Waals surface area contributed by atoms with E-state index in [9.17, 15) is 14.0 Å². The van der Waals surface area contributed by atoms with Gasteiger partial charge < -0.3 is 10.4 Å². The number of carbonyl (C=O) groups excluding carboxylic acids is 1. The summed E-state index contributed by atoms with van der Waals surface area (Å²) >= 11 is 1.40. The highest BCUT2D eigenvalue weighted by Crippen LogP contribution is 2.36. The van der Waals surface area contributed by atoms with E-state index in [4.69, 9.17) is 5.11 Å². The van der Waals surface area contributed by atoms with Crippen molar-refractivity contribution < 1.29 is 19.1 Å². The molecule has 25 heavy (non-hydrogen) atoms. The number of aliphatic carboxylic acids is 1. The smallest absolute Gasteiger partial charge is 0.322 e. The maximum atomic E-state index is 13.2. The number of amides is 1. The Kier molecular flexibility index (Phi) is 4.67. The standard InChI is InChI=1S/C18H17FN2O3S/c1-18(6-4-12(19)5-7-18)11-2-3-13-14(8-11)25-16(21-13)9-15(22)20-10-17(23)24/h2-6,8H,7,9-10H2,1H3,(H,20,22)(H,23,24). The van der Waals surface area contributed by atoms with E-state index in [1.807, 2.05) is 24.3 Å². The van der Waals surface area contributed by atoms with Crippen LogP contribution in [0.4, 0.5) is 4.39 Å². The third-order valence-electron chi connectivity index (χ3n) is 4.17. The molecule has 0 saturated carbocycles. The van der Waals surface area contributed by atoms with Crippen molar-refractivity contribution in [1.82, 2.24) is 10.3 Å². The lowest BCUT2D eigenvalue weighted by Crippen LogP contribution is -2.30. The zero-order chi connectivity index (χ0) is 18.0. The van der Waals surface area contributed by atoms with Crippen LogP contribution < -0.4 is 5.32 Å². The van der Waals surface area contributed by atoms with Crippen molar-refractivity contribution in [2.75, 3.05) is 6.54 Å². The third kappa shape index (κ3) is 3.93. The largest absolute Gasteiger partial charge is 0.480 e. The number of hydrogen-bond donors (Lipinski definition) is 2. The number of rotatable bonds is 5. The highest BCUT2D eigenvalue weighted by atomic mass is 32.1. The van der Waals surface area contributed by atoms with Crippen LogP contribution in [0.15, 0.2) is 42.3 Å². The number of nitrogens with zero attached hydrogens (tertiary/aromatic N) is 1. The second-order valence-electron chi connectivity index (χ2n) is 6.18. The van der Waals surface area contributed by atoms with Crippen molar-refractivity contribution in [1.29, 1.82) is 0 Å². The van der Waals surface area contributed by atoms with Crippen LogP contribution in [0, 0.1) is 0 Å². The summed E-state index contributed by atoms with van der Waals surface area (Å²) < 4.78 is 14.2. The van der Waals surface area contributed by atoms with Gasteiger partial charge in [-0.3, -0.25) is 9.59 Å². The second-order valence-corrected chi connectivity index (χ2v) is 7.30. The van der Waals surface area contributed by atoms with Crippen LogP contribution in [0.5, 0.6) is 0 Å². The molecular weight excluding hydrogens is 343 g/mol. The predicted octanol–water partition coefficient (Wildman–Crippen LogP) is 3.11. The van der Waals surface area contributed by atoms with E-state index >= 15 is 0 Å². The Labute approximate surface area is 147 Å². The van der Waals surface area contributed by atoms with Gasteiger partial charge in [0.25, 0.3) is 0 Å². The van der Waals surface area contributed by atoms with E-state index < -0.39 is 12.5 Å². The average molecular weight is 360 g/mol. The van der Waals surface area contributed by atoms with E-state index in [1.54, 1.807) is 6.08 Å². The molecule has 1 aliphatic carbocycles. The normalized spacial score (nSPS) is 19.7. The van der Waals surface area contributed by atoms with E-state index in [2.05, 4.69) is 17.2 Å². The first-order valence-electron chi connectivity index (χ1n) is 7.79. The highest BCUT2D eigenvalue weighted by molar-refractivity contribution is 7.18. The number of carboxylic acids is 1. The molecule has 1 unspecified atom stereocenters. The zero-order valence-electron chi connectivity index (χ0n) is 13.6. The molecule has 2 aromatic rings. The van der Waals surface area contributed by atoms with Gasteiger partial charge in [0.2, 0.25) is 5.91 Å². The molecule has 7 heteroatoms. The minimum absolute atomic E-state index is 0.0487. The fourth-order valence-corrected chi connectivity index (χ4v) is 3.71. The van der Waals surface area contributed by atoms with Crippen molar-refractivity contribution >= 4 is 33.4 Å². The number of halogens is 1. The lowest BCUT2D eigenvalue weighted by molar-refractivity contribution is -0.137. The topological polar surface area (TPSA) is 79.3 Å². The predicted molar refractivity (Wildman–Crippen MR) is 94.3 cm³/mol. The van der Waals surface area contributed by atoms with Gasteiger partial charge in [-0.1, -0.05) is 19.1 Å². The Morgan fingerprint density at radius 3 is 2.92 bits per heavy atom. The number of allylic oxidation sites excluding steroid dienone is 4. The van der Waals surface area contributed by atoms with E-state index in [0.29, 0.717) is 11.4 Å². The maximum Gasteiger partial charge on any atom is 0.322 e. The number of aromatic nitrogens is 1. The minimum atomic E-state index is -1.08. The number of fused-ring (bicyclic) bond motifs is 1. The number of benzene rings is 1. The molecule has 5 nitrogen and oxygen atoms in total. The van der Waals surface area contributed by atoms with Gasteiger partial charge in [0.15, 0.2) is 0 Å². The first kappa shape index (κ1) is 17.3. The maximum absolute atomic E-state index is 13.2. The van der Waals surface area contributed by atoms with Crippen molar-refractivity contribution in [3.63, 3.8) is 0 Å². The zero-order valence-corrected chi connectivity index (χ0v) is 14.4. The number of thiazole rings is 1. The average Bonchev–Trinajstić information content (AvgIpc) is 2.97. The summed E-state index contributed by atoms with van der Waals surface area (Å²) in [5.41, 5.74) is 1.58. The van der Waals surface area contributed by atoms with Gasteiger partial charge in [-0.15, -0.1) is 11.3 Å². The van der Waals surface area contributed by atoms with Crippen LogP contribution in [0.2, 0.25) is 0 Å². The van der Waals surface area contributed by atoms with E-state index in [-0.39, 0.29) is 23.6 Å². The molecule has 130 valence electrons. The lowest BCUT2D eigenvalue weighted by Gasteiger charge is -2.27. The van der Waals surface area contributed by atoms with Gasteiger partial charge in [-0.05, 0) is 36.3 Å². The van der Waals surface area contributed by atoms with Crippen LogP contribution in [0.3, 0.4) is 0 Å². The fraction of sp³-hybridized carbons (Fsp3) is 0.278. The van der Waals surface area contributed by atoms with Gasteiger partial charge in [-0.2, -0.15) is 0 Å². The van der Waals surface area contributed by atoms with Crippen LogP contribution in [0.25, 0.3) is 10.2 Å². The molecule has 0 spiro atoms. The molecule has 0 aliphatic heterocycles. The van der Waals surface area contributed by atoms with Crippen LogP contribution in [-0.4, -0.2) is 28.5 Å². The van der Waals surface area contributed by atoms with Gasteiger partial charge in [0, 0.05) is 5.41 Å². The molecule has 0 bridgehead atoms. The summed E-state index contributed by atoms with van der Waals surface area (Å²) in [4.78, 5) is 26.6. The quantitative estimate of drug-likeness (QED) is 0.859. The molecule has 2 N–H and O–H groups in total. The van der Waals surface area contributed by atoms with Crippen molar-refractivity contribution in [3.8, 4) is 0 Å². The SMILES string of the molecule is CC1(c2ccc3nc(CC(=O)NCC(=O)O)sc3c2)C=CC(F)=CC1. The second kappa shape index (κ2) is 6.76. The molecule has 0 saturated heterocycles. The Morgan fingerprint density at radius 1 is 1.44 bits per heavy atom. The summed E-state index contributed by atoms with van der Waals surface area (Å²) in [5.74, 6) is -1.67. The number of carboxylic acid groups (broad SMARTS) is 1. The summed E-state index contributed by atoms with van der Waals surface area (Å²) in [6.07, 6.45) is 5.57. The molecule has 1 aromatic heterocycles.